The molecule has 2 nitrogen and oxygen atoms in total. The molecular weight excluding hydrogens is 227 g/mol. The van der Waals surface area contributed by atoms with E-state index in [1.807, 2.05) is 36.4 Å². The number of nitrogens with zero attached hydrogens (tertiary/aromatic N) is 1. The lowest BCUT2D eigenvalue weighted by Gasteiger charge is -2.18. The number of hydrogen-bond donors (Lipinski definition) is 1. The van der Waals surface area contributed by atoms with Gasteiger partial charge in [-0.15, -0.1) is 0 Å². The van der Waals surface area contributed by atoms with E-state index in [1.165, 1.54) is 0 Å². The van der Waals surface area contributed by atoms with Gasteiger partial charge in [-0.1, -0.05) is 24.3 Å². The number of alkyl halides is 1. The van der Waals surface area contributed by atoms with Gasteiger partial charge in [0.1, 0.15) is 5.67 Å². The van der Waals surface area contributed by atoms with Crippen LogP contribution in [-0.2, 0) is 6.42 Å². The molecular formula is C15H17FN2. The number of nitrogens with two attached hydrogens (primary N) is 1. The van der Waals surface area contributed by atoms with E-state index in [1.54, 1.807) is 0 Å². The highest BCUT2D eigenvalue weighted by Crippen LogP contribution is 2.35. The Morgan fingerprint density at radius 2 is 2.11 bits per heavy atom. The van der Waals surface area contributed by atoms with Crippen LogP contribution in [0.15, 0.2) is 36.4 Å². The summed E-state index contributed by atoms with van der Waals surface area (Å²) in [5.41, 5.74) is 6.39. The van der Waals surface area contributed by atoms with Gasteiger partial charge in [0.15, 0.2) is 0 Å². The molecule has 3 rings (SSSR count). The average Bonchev–Trinajstić information content (AvgIpc) is 2.69. The molecule has 2 aromatic rings. The zero-order valence-electron chi connectivity index (χ0n) is 10.3. The maximum Gasteiger partial charge on any atom is 0.118 e. The summed E-state index contributed by atoms with van der Waals surface area (Å²) in [6.45, 7) is 0. The topological polar surface area (TPSA) is 38.9 Å². The fraction of sp³-hybridized carbons (Fsp3) is 0.400. The summed E-state index contributed by atoms with van der Waals surface area (Å²) >= 11 is 0. The second-order valence-corrected chi connectivity index (χ2v) is 5.33. The summed E-state index contributed by atoms with van der Waals surface area (Å²) < 4.78 is 14.5. The fourth-order valence-corrected chi connectivity index (χ4v) is 2.81. The van der Waals surface area contributed by atoms with Crippen LogP contribution >= 0.6 is 0 Å². The van der Waals surface area contributed by atoms with Crippen LogP contribution in [0.4, 0.5) is 4.39 Å². The summed E-state index contributed by atoms with van der Waals surface area (Å²) in [6.07, 6.45) is 2.18. The van der Waals surface area contributed by atoms with Gasteiger partial charge < -0.3 is 5.73 Å². The quantitative estimate of drug-likeness (QED) is 0.882. The van der Waals surface area contributed by atoms with Gasteiger partial charge in [0.05, 0.1) is 5.52 Å². The van der Waals surface area contributed by atoms with E-state index in [0.717, 1.165) is 23.0 Å². The molecule has 2 unspecified atom stereocenters. The molecule has 3 heteroatoms. The van der Waals surface area contributed by atoms with E-state index in [-0.39, 0.29) is 6.04 Å². The van der Waals surface area contributed by atoms with Gasteiger partial charge in [-0.2, -0.15) is 0 Å². The molecule has 2 atom stereocenters. The molecule has 1 saturated carbocycles. The number of halogens is 1. The number of hydrogen-bond acceptors (Lipinski definition) is 2. The van der Waals surface area contributed by atoms with Crippen LogP contribution in [0.1, 0.15) is 25.0 Å². The van der Waals surface area contributed by atoms with E-state index in [9.17, 15) is 4.39 Å². The van der Waals surface area contributed by atoms with E-state index >= 15 is 0 Å². The van der Waals surface area contributed by atoms with E-state index in [4.69, 9.17) is 5.73 Å². The predicted octanol–water partition coefficient (Wildman–Crippen LogP) is 3.00. The highest BCUT2D eigenvalue weighted by Gasteiger charge is 2.38. The number of aromatic nitrogens is 1. The maximum absolute atomic E-state index is 14.5. The minimum atomic E-state index is -1.16. The Labute approximate surface area is 106 Å². The molecule has 1 heterocycles. The summed E-state index contributed by atoms with van der Waals surface area (Å²) in [6, 6.07) is 11.9. The van der Waals surface area contributed by atoms with Crippen molar-refractivity contribution in [2.75, 3.05) is 0 Å². The lowest BCUT2D eigenvalue weighted by molar-refractivity contribution is 0.169. The average molecular weight is 244 g/mol. The number of benzene rings is 1. The van der Waals surface area contributed by atoms with Crippen molar-refractivity contribution < 1.29 is 4.39 Å². The van der Waals surface area contributed by atoms with Gasteiger partial charge in [0.2, 0.25) is 0 Å². The summed E-state index contributed by atoms with van der Waals surface area (Å²) in [7, 11) is 0. The second-order valence-electron chi connectivity index (χ2n) is 5.33. The monoisotopic (exact) mass is 244 g/mol. The van der Waals surface area contributed by atoms with Crippen molar-refractivity contribution >= 4 is 10.9 Å². The Bertz CT molecular complexity index is 569. The smallest absolute Gasteiger partial charge is 0.118 e. The predicted molar refractivity (Wildman–Crippen MR) is 71.1 cm³/mol. The van der Waals surface area contributed by atoms with Crippen molar-refractivity contribution in [1.82, 2.24) is 4.98 Å². The van der Waals surface area contributed by atoms with Gasteiger partial charge in [-0.05, 0) is 31.4 Å². The van der Waals surface area contributed by atoms with Crippen molar-refractivity contribution in [2.24, 2.45) is 5.73 Å². The van der Waals surface area contributed by atoms with Crippen molar-refractivity contribution in [3.8, 4) is 0 Å². The Morgan fingerprint density at radius 3 is 2.89 bits per heavy atom. The first-order valence-electron chi connectivity index (χ1n) is 6.44. The molecule has 0 aliphatic heterocycles. The molecule has 1 fully saturated rings. The van der Waals surface area contributed by atoms with Gasteiger partial charge in [-0.25, -0.2) is 4.39 Å². The molecule has 0 bridgehead atoms. The molecule has 1 aromatic heterocycles. The normalized spacial score (nSPS) is 27.8. The van der Waals surface area contributed by atoms with Gasteiger partial charge >= 0.3 is 0 Å². The van der Waals surface area contributed by atoms with Gasteiger partial charge in [-0.3, -0.25) is 4.98 Å². The maximum atomic E-state index is 14.5. The Kier molecular flexibility index (Phi) is 2.78. The molecule has 94 valence electrons. The Hall–Kier alpha value is -1.48. The second kappa shape index (κ2) is 4.32. The van der Waals surface area contributed by atoms with Crippen LogP contribution in [-0.4, -0.2) is 16.7 Å². The lowest BCUT2D eigenvalue weighted by Crippen LogP contribution is -2.26. The summed E-state index contributed by atoms with van der Waals surface area (Å²) in [4.78, 5) is 4.53. The minimum absolute atomic E-state index is 0.00968. The van der Waals surface area contributed by atoms with Crippen molar-refractivity contribution in [2.45, 2.75) is 37.4 Å². The highest BCUT2D eigenvalue weighted by atomic mass is 19.1. The number of pyridine rings is 1. The van der Waals surface area contributed by atoms with Crippen molar-refractivity contribution in [3.63, 3.8) is 0 Å². The van der Waals surface area contributed by atoms with Crippen molar-refractivity contribution in [3.05, 3.63) is 42.1 Å². The molecule has 0 radical (unpaired) electrons. The zero-order chi connectivity index (χ0) is 12.6. The SMILES string of the molecule is NC1CCC(F)(Cc2ccc3ccccc3n2)C1. The number of fused-ring (bicyclic) bond motifs is 1. The number of para-hydroxylation sites is 1. The van der Waals surface area contributed by atoms with Gasteiger partial charge in [0, 0.05) is 23.5 Å². The van der Waals surface area contributed by atoms with Crippen molar-refractivity contribution in [1.29, 1.82) is 0 Å². The van der Waals surface area contributed by atoms with Crippen LogP contribution in [0.2, 0.25) is 0 Å². The van der Waals surface area contributed by atoms with Crippen LogP contribution in [0.25, 0.3) is 10.9 Å². The van der Waals surface area contributed by atoms with E-state index in [2.05, 4.69) is 4.98 Å². The molecule has 1 aromatic carbocycles. The van der Waals surface area contributed by atoms with Crippen LogP contribution in [0.5, 0.6) is 0 Å². The molecule has 0 saturated heterocycles. The third-order valence-corrected chi connectivity index (χ3v) is 3.75. The Morgan fingerprint density at radius 1 is 1.28 bits per heavy atom. The molecule has 2 N–H and O–H groups in total. The molecule has 0 spiro atoms. The standard InChI is InChI=1S/C15H17FN2/c16-15(8-7-12(17)9-15)10-13-6-5-11-3-1-2-4-14(11)18-13/h1-6,12H,7-10,17H2. The van der Waals surface area contributed by atoms with E-state index in [0.29, 0.717) is 19.3 Å². The van der Waals surface area contributed by atoms with Gasteiger partial charge in [0.25, 0.3) is 0 Å². The third-order valence-electron chi connectivity index (χ3n) is 3.75. The summed E-state index contributed by atoms with van der Waals surface area (Å²) in [5.74, 6) is 0. The minimum Gasteiger partial charge on any atom is -0.328 e. The first-order valence-corrected chi connectivity index (χ1v) is 6.44. The third kappa shape index (κ3) is 2.23. The highest BCUT2D eigenvalue weighted by molar-refractivity contribution is 5.78. The summed E-state index contributed by atoms with van der Waals surface area (Å²) in [5, 5.41) is 1.09. The largest absolute Gasteiger partial charge is 0.328 e. The van der Waals surface area contributed by atoms with Crippen LogP contribution < -0.4 is 5.73 Å². The first-order chi connectivity index (χ1) is 8.65. The molecule has 18 heavy (non-hydrogen) atoms. The Balaban J connectivity index is 1.86. The molecule has 0 amide bonds. The fourth-order valence-electron chi connectivity index (χ4n) is 2.81. The molecule has 1 aliphatic rings. The molecule has 1 aliphatic carbocycles. The zero-order valence-corrected chi connectivity index (χ0v) is 10.3. The lowest BCUT2D eigenvalue weighted by atomic mass is 9.97. The number of rotatable bonds is 2. The van der Waals surface area contributed by atoms with Crippen LogP contribution in [0, 0.1) is 0 Å². The first kappa shape index (κ1) is 11.6. The van der Waals surface area contributed by atoms with E-state index < -0.39 is 5.67 Å². The van der Waals surface area contributed by atoms with Crippen LogP contribution in [0.3, 0.4) is 0 Å².